The number of rotatable bonds is 3. The van der Waals surface area contributed by atoms with E-state index in [4.69, 9.17) is 0 Å². The third-order valence-electron chi connectivity index (χ3n) is 4.20. The Labute approximate surface area is 152 Å². The molecule has 0 amide bonds. The highest BCUT2D eigenvalue weighted by Gasteiger charge is 2.22. The fourth-order valence-corrected chi connectivity index (χ4v) is 3.68. The highest BCUT2D eigenvalue weighted by molar-refractivity contribution is 9.10. The Bertz CT molecular complexity index is 1090. The first-order chi connectivity index (χ1) is 12.2. The first-order valence-electron chi connectivity index (χ1n) is 7.75. The summed E-state index contributed by atoms with van der Waals surface area (Å²) in [5.41, 5.74) is 3.54. The van der Waals surface area contributed by atoms with E-state index in [1.165, 1.54) is 6.07 Å². The van der Waals surface area contributed by atoms with Gasteiger partial charge in [-0.05, 0) is 40.2 Å². The summed E-state index contributed by atoms with van der Waals surface area (Å²) in [6.07, 6.45) is 1.97. The van der Waals surface area contributed by atoms with Crippen LogP contribution < -0.4 is 0 Å². The van der Waals surface area contributed by atoms with E-state index in [0.29, 0.717) is 10.0 Å². The van der Waals surface area contributed by atoms with Crippen LogP contribution in [0.25, 0.3) is 27.7 Å². The molecule has 1 aromatic heterocycles. The fraction of sp³-hybridized carbons (Fsp3) is 0. The standard InChI is InChI=1S/C20H13BrN2O2/c21-17-10-6-12-19(23(24)25)20(17)16-13-22(14-7-2-1-3-8-14)18-11-5-4-9-15(16)18/h1-13H. The van der Waals surface area contributed by atoms with E-state index in [1.807, 2.05) is 66.9 Å². The number of para-hydroxylation sites is 2. The van der Waals surface area contributed by atoms with Crippen LogP contribution in [0.15, 0.2) is 83.5 Å². The van der Waals surface area contributed by atoms with E-state index >= 15 is 0 Å². The maximum atomic E-state index is 11.5. The molecule has 0 saturated heterocycles. The lowest BCUT2D eigenvalue weighted by molar-refractivity contribution is -0.384. The number of nitro benzene ring substituents is 1. The third kappa shape index (κ3) is 2.62. The largest absolute Gasteiger partial charge is 0.316 e. The van der Waals surface area contributed by atoms with Crippen molar-refractivity contribution in [2.24, 2.45) is 0 Å². The predicted molar refractivity (Wildman–Crippen MR) is 103 cm³/mol. The van der Waals surface area contributed by atoms with Gasteiger partial charge >= 0.3 is 0 Å². The highest BCUT2D eigenvalue weighted by Crippen LogP contribution is 2.41. The molecule has 122 valence electrons. The van der Waals surface area contributed by atoms with Gasteiger partial charge in [-0.3, -0.25) is 10.1 Å². The van der Waals surface area contributed by atoms with Crippen LogP contribution >= 0.6 is 15.9 Å². The van der Waals surface area contributed by atoms with Crippen LogP contribution in [0, 0.1) is 10.1 Å². The Hall–Kier alpha value is -2.92. The Morgan fingerprint density at radius 1 is 0.880 bits per heavy atom. The van der Waals surface area contributed by atoms with Crippen LogP contribution in [0.1, 0.15) is 0 Å². The average molecular weight is 393 g/mol. The van der Waals surface area contributed by atoms with Crippen LogP contribution in [0.3, 0.4) is 0 Å². The molecule has 25 heavy (non-hydrogen) atoms. The molecule has 5 heteroatoms. The number of fused-ring (bicyclic) bond motifs is 1. The van der Waals surface area contributed by atoms with E-state index in [0.717, 1.165) is 22.2 Å². The summed E-state index contributed by atoms with van der Waals surface area (Å²) in [6.45, 7) is 0. The molecule has 0 aliphatic heterocycles. The lowest BCUT2D eigenvalue weighted by atomic mass is 10.0. The van der Waals surface area contributed by atoms with E-state index < -0.39 is 0 Å². The Kier molecular flexibility index (Phi) is 3.86. The number of halogens is 1. The molecule has 0 N–H and O–H groups in total. The van der Waals surface area contributed by atoms with Gasteiger partial charge in [0.05, 0.1) is 16.0 Å². The average Bonchev–Trinajstić information content (AvgIpc) is 3.01. The second kappa shape index (κ2) is 6.18. The second-order valence-electron chi connectivity index (χ2n) is 5.66. The number of aromatic nitrogens is 1. The molecule has 0 fully saturated rings. The Morgan fingerprint density at radius 2 is 1.60 bits per heavy atom. The number of nitrogens with zero attached hydrogens (tertiary/aromatic N) is 2. The summed E-state index contributed by atoms with van der Waals surface area (Å²) in [5, 5.41) is 12.5. The van der Waals surface area contributed by atoms with E-state index in [9.17, 15) is 10.1 Å². The summed E-state index contributed by atoms with van der Waals surface area (Å²) in [6, 6.07) is 22.9. The van der Waals surface area contributed by atoms with Crippen LogP contribution in [-0.4, -0.2) is 9.49 Å². The van der Waals surface area contributed by atoms with Crippen molar-refractivity contribution in [1.82, 2.24) is 4.57 Å². The van der Waals surface area contributed by atoms with Crippen molar-refractivity contribution in [3.8, 4) is 16.8 Å². The van der Waals surface area contributed by atoms with Crippen molar-refractivity contribution in [3.05, 3.63) is 93.6 Å². The van der Waals surface area contributed by atoms with Crippen molar-refractivity contribution in [2.75, 3.05) is 0 Å². The van der Waals surface area contributed by atoms with Crippen molar-refractivity contribution in [3.63, 3.8) is 0 Å². The predicted octanol–water partition coefficient (Wildman–Crippen LogP) is 5.97. The molecule has 0 atom stereocenters. The van der Waals surface area contributed by atoms with Crippen LogP contribution in [0.4, 0.5) is 5.69 Å². The van der Waals surface area contributed by atoms with Gasteiger partial charge in [0.15, 0.2) is 0 Å². The van der Waals surface area contributed by atoms with Gasteiger partial charge in [-0.15, -0.1) is 0 Å². The quantitative estimate of drug-likeness (QED) is 0.318. The first-order valence-corrected chi connectivity index (χ1v) is 8.55. The van der Waals surface area contributed by atoms with Crippen LogP contribution in [-0.2, 0) is 0 Å². The number of hydrogen-bond donors (Lipinski definition) is 0. The Morgan fingerprint density at radius 3 is 2.36 bits per heavy atom. The normalized spacial score (nSPS) is 10.9. The van der Waals surface area contributed by atoms with Crippen LogP contribution in [0.5, 0.6) is 0 Å². The summed E-state index contributed by atoms with van der Waals surface area (Å²) >= 11 is 3.49. The molecule has 4 rings (SSSR count). The van der Waals surface area contributed by atoms with Gasteiger partial charge in [-0.1, -0.05) is 42.5 Å². The molecule has 1 heterocycles. The number of benzene rings is 3. The minimum Gasteiger partial charge on any atom is -0.316 e. The van der Waals surface area contributed by atoms with Gasteiger partial charge in [0, 0.05) is 33.4 Å². The van der Waals surface area contributed by atoms with Gasteiger partial charge in [0.1, 0.15) is 0 Å². The maximum Gasteiger partial charge on any atom is 0.278 e. The molecule has 3 aromatic carbocycles. The first kappa shape index (κ1) is 15.6. The van der Waals surface area contributed by atoms with E-state index in [-0.39, 0.29) is 10.6 Å². The number of nitro groups is 1. The Balaban J connectivity index is 2.07. The monoisotopic (exact) mass is 392 g/mol. The summed E-state index contributed by atoms with van der Waals surface area (Å²) in [5.74, 6) is 0. The van der Waals surface area contributed by atoms with Crippen LogP contribution in [0.2, 0.25) is 0 Å². The molecule has 0 radical (unpaired) electrons. The molecule has 0 saturated carbocycles. The van der Waals surface area contributed by atoms with E-state index in [2.05, 4.69) is 20.5 Å². The lowest BCUT2D eigenvalue weighted by Gasteiger charge is -2.05. The summed E-state index contributed by atoms with van der Waals surface area (Å²) in [7, 11) is 0. The summed E-state index contributed by atoms with van der Waals surface area (Å²) in [4.78, 5) is 11.2. The maximum absolute atomic E-state index is 11.5. The minimum absolute atomic E-state index is 0.0883. The minimum atomic E-state index is -0.339. The van der Waals surface area contributed by atoms with Gasteiger partial charge in [0.2, 0.25) is 0 Å². The van der Waals surface area contributed by atoms with Crippen molar-refractivity contribution < 1.29 is 4.92 Å². The molecule has 4 nitrogen and oxygen atoms in total. The van der Waals surface area contributed by atoms with Gasteiger partial charge < -0.3 is 4.57 Å². The molecule has 0 aliphatic carbocycles. The topological polar surface area (TPSA) is 48.1 Å². The molecule has 0 aliphatic rings. The van der Waals surface area contributed by atoms with Crippen molar-refractivity contribution >= 4 is 32.5 Å². The van der Waals surface area contributed by atoms with E-state index in [1.54, 1.807) is 6.07 Å². The van der Waals surface area contributed by atoms with Gasteiger partial charge in [0.25, 0.3) is 5.69 Å². The molecule has 4 aromatic rings. The second-order valence-corrected chi connectivity index (χ2v) is 6.51. The highest BCUT2D eigenvalue weighted by atomic mass is 79.9. The zero-order valence-corrected chi connectivity index (χ0v) is 14.7. The fourth-order valence-electron chi connectivity index (χ4n) is 3.11. The molecule has 0 spiro atoms. The third-order valence-corrected chi connectivity index (χ3v) is 4.86. The smallest absolute Gasteiger partial charge is 0.278 e. The zero-order valence-electron chi connectivity index (χ0n) is 13.1. The van der Waals surface area contributed by atoms with Crippen molar-refractivity contribution in [2.45, 2.75) is 0 Å². The summed E-state index contributed by atoms with van der Waals surface area (Å²) < 4.78 is 2.77. The lowest BCUT2D eigenvalue weighted by Crippen LogP contribution is -1.93. The van der Waals surface area contributed by atoms with Crippen molar-refractivity contribution in [1.29, 1.82) is 0 Å². The number of hydrogen-bond acceptors (Lipinski definition) is 2. The molecule has 0 unspecified atom stereocenters. The molecular weight excluding hydrogens is 380 g/mol. The zero-order chi connectivity index (χ0) is 17.4. The van der Waals surface area contributed by atoms with Gasteiger partial charge in [-0.25, -0.2) is 0 Å². The van der Waals surface area contributed by atoms with Gasteiger partial charge in [-0.2, -0.15) is 0 Å². The molecular formula is C20H13BrN2O2. The molecule has 0 bridgehead atoms. The SMILES string of the molecule is O=[N+]([O-])c1cccc(Br)c1-c1cn(-c2ccccc2)c2ccccc12.